The molecular weight excluding hydrogens is 266 g/mol. The van der Waals surface area contributed by atoms with E-state index in [1.54, 1.807) is 6.33 Å². The quantitative estimate of drug-likeness (QED) is 0.774. The predicted octanol–water partition coefficient (Wildman–Crippen LogP) is 2.08. The summed E-state index contributed by atoms with van der Waals surface area (Å²) in [6.07, 6.45) is 3.61. The van der Waals surface area contributed by atoms with Gasteiger partial charge in [0, 0.05) is 25.6 Å². The molecule has 0 aliphatic rings. The van der Waals surface area contributed by atoms with Crippen LogP contribution in [-0.2, 0) is 19.5 Å². The van der Waals surface area contributed by atoms with E-state index in [0.29, 0.717) is 6.54 Å². The number of aromatic nitrogens is 5. The van der Waals surface area contributed by atoms with E-state index in [2.05, 4.69) is 51.6 Å². The molecule has 7 heteroatoms. The van der Waals surface area contributed by atoms with Gasteiger partial charge < -0.3 is 15.2 Å². The normalized spacial score (nSPS) is 10.6. The zero-order chi connectivity index (χ0) is 15.1. The van der Waals surface area contributed by atoms with Crippen LogP contribution in [0, 0.1) is 0 Å². The van der Waals surface area contributed by atoms with E-state index < -0.39 is 0 Å². The molecule has 0 amide bonds. The van der Waals surface area contributed by atoms with Crippen molar-refractivity contribution in [3.63, 3.8) is 0 Å². The molecule has 21 heavy (non-hydrogen) atoms. The molecule has 2 aromatic rings. The van der Waals surface area contributed by atoms with Crippen molar-refractivity contribution in [1.82, 2.24) is 24.7 Å². The highest BCUT2D eigenvalue weighted by atomic mass is 15.3. The molecule has 2 N–H and O–H groups in total. The third-order valence-corrected chi connectivity index (χ3v) is 3.11. The third-order valence-electron chi connectivity index (χ3n) is 3.11. The van der Waals surface area contributed by atoms with E-state index in [9.17, 15) is 0 Å². The molecule has 0 radical (unpaired) electrons. The molecule has 7 nitrogen and oxygen atoms in total. The Hall–Kier alpha value is -2.18. The van der Waals surface area contributed by atoms with Crippen LogP contribution >= 0.6 is 0 Å². The molecule has 0 saturated heterocycles. The zero-order valence-electron chi connectivity index (χ0n) is 12.9. The number of rotatable bonds is 8. The summed E-state index contributed by atoms with van der Waals surface area (Å²) in [4.78, 5) is 8.97. The summed E-state index contributed by atoms with van der Waals surface area (Å²) in [6, 6.07) is 1.93. The Labute approximate surface area is 125 Å². The van der Waals surface area contributed by atoms with Crippen LogP contribution in [0.1, 0.15) is 38.8 Å². The second-order valence-corrected chi connectivity index (χ2v) is 4.72. The van der Waals surface area contributed by atoms with Gasteiger partial charge in [-0.2, -0.15) is 0 Å². The van der Waals surface area contributed by atoms with Crippen LogP contribution in [0.5, 0.6) is 0 Å². The van der Waals surface area contributed by atoms with Crippen LogP contribution in [0.3, 0.4) is 0 Å². The van der Waals surface area contributed by atoms with Gasteiger partial charge in [-0.3, -0.25) is 0 Å². The van der Waals surface area contributed by atoms with Crippen molar-refractivity contribution in [3.8, 4) is 0 Å². The number of nitrogens with zero attached hydrogens (tertiary/aromatic N) is 5. The summed E-state index contributed by atoms with van der Waals surface area (Å²) >= 11 is 0. The first-order valence-electron chi connectivity index (χ1n) is 7.49. The Bertz CT molecular complexity index is 564. The van der Waals surface area contributed by atoms with Crippen LogP contribution in [0.4, 0.5) is 11.6 Å². The van der Waals surface area contributed by atoms with Gasteiger partial charge in [0.15, 0.2) is 5.82 Å². The highest BCUT2D eigenvalue weighted by molar-refractivity contribution is 5.47. The van der Waals surface area contributed by atoms with E-state index in [-0.39, 0.29) is 0 Å². The minimum Gasteiger partial charge on any atom is -0.370 e. The van der Waals surface area contributed by atoms with Gasteiger partial charge in [-0.1, -0.05) is 13.8 Å². The van der Waals surface area contributed by atoms with Crippen LogP contribution in [0.25, 0.3) is 0 Å². The zero-order valence-corrected chi connectivity index (χ0v) is 12.9. The molecule has 0 bridgehead atoms. The minimum atomic E-state index is 0.598. The maximum Gasteiger partial charge on any atom is 0.152 e. The SMILES string of the molecule is CCCNc1cc(NCc2nncn2CC)nc(CC)n1. The van der Waals surface area contributed by atoms with Crippen molar-refractivity contribution in [3.05, 3.63) is 24.0 Å². The van der Waals surface area contributed by atoms with Gasteiger partial charge >= 0.3 is 0 Å². The molecule has 0 aromatic carbocycles. The summed E-state index contributed by atoms with van der Waals surface area (Å²) in [5.41, 5.74) is 0. The number of hydrogen-bond donors (Lipinski definition) is 2. The first kappa shape index (κ1) is 15.2. The van der Waals surface area contributed by atoms with Crippen molar-refractivity contribution in [2.45, 2.75) is 46.7 Å². The van der Waals surface area contributed by atoms with Gasteiger partial charge in [-0.15, -0.1) is 10.2 Å². The van der Waals surface area contributed by atoms with Gasteiger partial charge in [0.25, 0.3) is 0 Å². The van der Waals surface area contributed by atoms with Crippen molar-refractivity contribution < 1.29 is 0 Å². The summed E-state index contributed by atoms with van der Waals surface area (Å²) in [5, 5.41) is 14.6. The van der Waals surface area contributed by atoms with E-state index in [4.69, 9.17) is 0 Å². The fourth-order valence-corrected chi connectivity index (χ4v) is 1.94. The molecule has 0 spiro atoms. The van der Waals surface area contributed by atoms with Crippen molar-refractivity contribution in [1.29, 1.82) is 0 Å². The number of hydrogen-bond acceptors (Lipinski definition) is 6. The molecule has 0 unspecified atom stereocenters. The molecule has 0 saturated carbocycles. The largest absolute Gasteiger partial charge is 0.370 e. The monoisotopic (exact) mass is 289 g/mol. The van der Waals surface area contributed by atoms with Crippen LogP contribution in [0.15, 0.2) is 12.4 Å². The Balaban J connectivity index is 2.07. The second kappa shape index (κ2) is 7.56. The first-order valence-corrected chi connectivity index (χ1v) is 7.49. The molecule has 0 fully saturated rings. The number of nitrogens with one attached hydrogen (secondary N) is 2. The van der Waals surface area contributed by atoms with E-state index in [1.165, 1.54) is 0 Å². The highest BCUT2D eigenvalue weighted by Gasteiger charge is 2.06. The Morgan fingerprint density at radius 3 is 2.52 bits per heavy atom. The average Bonchev–Trinajstić information content (AvgIpc) is 2.98. The lowest BCUT2D eigenvalue weighted by Gasteiger charge is -2.10. The van der Waals surface area contributed by atoms with Gasteiger partial charge in [0.05, 0.1) is 6.54 Å². The van der Waals surface area contributed by atoms with Gasteiger partial charge in [-0.25, -0.2) is 9.97 Å². The van der Waals surface area contributed by atoms with Crippen LogP contribution in [0.2, 0.25) is 0 Å². The Morgan fingerprint density at radius 2 is 1.86 bits per heavy atom. The molecule has 0 aliphatic heterocycles. The van der Waals surface area contributed by atoms with Crippen LogP contribution in [-0.4, -0.2) is 31.3 Å². The number of anilines is 2. The third kappa shape index (κ3) is 4.14. The van der Waals surface area contributed by atoms with Crippen molar-refractivity contribution in [2.75, 3.05) is 17.2 Å². The standard InChI is InChI=1S/C14H23N7/c1-4-7-15-12-8-13(19-11(5-2)18-12)16-9-14-20-17-10-21(14)6-3/h8,10H,4-7,9H2,1-3H3,(H2,15,16,18,19). The van der Waals surface area contributed by atoms with E-state index in [1.807, 2.05) is 10.6 Å². The highest BCUT2D eigenvalue weighted by Crippen LogP contribution is 2.13. The lowest BCUT2D eigenvalue weighted by atomic mass is 10.4. The number of aryl methyl sites for hydroxylation is 2. The van der Waals surface area contributed by atoms with Crippen LogP contribution < -0.4 is 10.6 Å². The summed E-state index contributed by atoms with van der Waals surface area (Å²) in [7, 11) is 0. The fraction of sp³-hybridized carbons (Fsp3) is 0.571. The summed E-state index contributed by atoms with van der Waals surface area (Å²) in [5.74, 6) is 3.40. The maximum absolute atomic E-state index is 4.50. The predicted molar refractivity (Wildman–Crippen MR) is 83.2 cm³/mol. The molecular formula is C14H23N7. The summed E-state index contributed by atoms with van der Waals surface area (Å²) in [6.45, 7) is 8.61. The fourth-order valence-electron chi connectivity index (χ4n) is 1.94. The lowest BCUT2D eigenvalue weighted by molar-refractivity contribution is 0.707. The average molecular weight is 289 g/mol. The molecule has 2 rings (SSSR count). The topological polar surface area (TPSA) is 80.5 Å². The van der Waals surface area contributed by atoms with E-state index in [0.717, 1.165) is 49.2 Å². The minimum absolute atomic E-state index is 0.598. The molecule has 0 atom stereocenters. The summed E-state index contributed by atoms with van der Waals surface area (Å²) < 4.78 is 2.01. The Morgan fingerprint density at radius 1 is 1.10 bits per heavy atom. The first-order chi connectivity index (χ1) is 10.3. The van der Waals surface area contributed by atoms with Gasteiger partial charge in [0.2, 0.25) is 0 Å². The second-order valence-electron chi connectivity index (χ2n) is 4.72. The molecule has 0 aliphatic carbocycles. The van der Waals surface area contributed by atoms with Gasteiger partial charge in [0.1, 0.15) is 23.8 Å². The van der Waals surface area contributed by atoms with Crippen molar-refractivity contribution >= 4 is 11.6 Å². The molecule has 114 valence electrons. The van der Waals surface area contributed by atoms with E-state index >= 15 is 0 Å². The Kier molecular flexibility index (Phi) is 5.48. The van der Waals surface area contributed by atoms with Crippen molar-refractivity contribution in [2.24, 2.45) is 0 Å². The smallest absolute Gasteiger partial charge is 0.152 e. The molecule has 2 aromatic heterocycles. The van der Waals surface area contributed by atoms with Gasteiger partial charge in [-0.05, 0) is 13.3 Å². The maximum atomic E-state index is 4.50. The lowest BCUT2D eigenvalue weighted by Crippen LogP contribution is -2.11. The molecule has 2 heterocycles.